The van der Waals surface area contributed by atoms with Crippen LogP contribution in [0.15, 0.2) is 48.5 Å². The number of anilines is 2. The van der Waals surface area contributed by atoms with E-state index in [9.17, 15) is 23.3 Å². The first kappa shape index (κ1) is 20.2. The van der Waals surface area contributed by atoms with Gasteiger partial charge in [0.15, 0.2) is 0 Å². The maximum absolute atomic E-state index is 12.6. The van der Waals surface area contributed by atoms with Crippen molar-refractivity contribution in [3.8, 4) is 5.75 Å². The van der Waals surface area contributed by atoms with Crippen LogP contribution in [0.1, 0.15) is 6.92 Å². The number of nitro benzene ring substituents is 1. The maximum Gasteiger partial charge on any atom is 0.271 e. The number of amides is 1. The number of carbonyl (C=O) groups excluding carboxylic acids is 1. The van der Waals surface area contributed by atoms with Gasteiger partial charge in [0.25, 0.3) is 5.69 Å². The lowest BCUT2D eigenvalue weighted by Gasteiger charge is -2.28. The van der Waals surface area contributed by atoms with Gasteiger partial charge in [0.1, 0.15) is 11.8 Å². The van der Waals surface area contributed by atoms with E-state index in [2.05, 4.69) is 5.32 Å². The van der Waals surface area contributed by atoms with E-state index in [1.807, 2.05) is 0 Å². The molecule has 0 fully saturated rings. The molecule has 0 radical (unpaired) electrons. The summed E-state index contributed by atoms with van der Waals surface area (Å²) in [6.07, 6.45) is 0.994. The van der Waals surface area contributed by atoms with Crippen LogP contribution in [0.3, 0.4) is 0 Å². The van der Waals surface area contributed by atoms with Gasteiger partial charge in [0, 0.05) is 17.8 Å². The third kappa shape index (κ3) is 4.94. The van der Waals surface area contributed by atoms with E-state index in [4.69, 9.17) is 4.74 Å². The van der Waals surface area contributed by atoms with E-state index in [-0.39, 0.29) is 11.4 Å². The van der Waals surface area contributed by atoms with Crippen molar-refractivity contribution in [3.63, 3.8) is 0 Å². The van der Waals surface area contributed by atoms with Gasteiger partial charge in [0.05, 0.1) is 24.0 Å². The van der Waals surface area contributed by atoms with E-state index in [0.717, 1.165) is 10.6 Å². The van der Waals surface area contributed by atoms with Crippen LogP contribution in [0.4, 0.5) is 17.1 Å². The van der Waals surface area contributed by atoms with E-state index in [1.165, 1.54) is 50.4 Å². The second-order valence-corrected chi connectivity index (χ2v) is 7.59. The first-order chi connectivity index (χ1) is 12.6. The summed E-state index contributed by atoms with van der Waals surface area (Å²) in [6.45, 7) is 1.43. The molecule has 1 atom stereocenters. The summed E-state index contributed by atoms with van der Waals surface area (Å²) < 4.78 is 30.5. The van der Waals surface area contributed by atoms with E-state index in [0.29, 0.717) is 11.4 Å². The quantitative estimate of drug-likeness (QED) is 0.570. The minimum atomic E-state index is -3.77. The number of methoxy groups -OCH3 is 1. The van der Waals surface area contributed by atoms with Crippen molar-refractivity contribution in [3.05, 3.63) is 58.6 Å². The number of rotatable bonds is 7. The average Bonchev–Trinajstić information content (AvgIpc) is 2.61. The Morgan fingerprint density at radius 1 is 1.22 bits per heavy atom. The normalized spacial score (nSPS) is 12.1. The minimum Gasteiger partial charge on any atom is -0.497 e. The van der Waals surface area contributed by atoms with Crippen molar-refractivity contribution in [2.24, 2.45) is 0 Å². The highest BCUT2D eigenvalue weighted by Gasteiger charge is 2.29. The molecule has 0 aromatic heterocycles. The summed E-state index contributed by atoms with van der Waals surface area (Å²) in [5.41, 5.74) is 0.305. The molecule has 0 aliphatic rings. The molecule has 0 heterocycles. The van der Waals surface area contributed by atoms with Crippen molar-refractivity contribution in [2.75, 3.05) is 23.0 Å². The SMILES string of the molecule is COc1ccc(N(C(C)C(=O)Nc2cccc([N+](=O)[O-])c2)S(C)(=O)=O)cc1. The van der Waals surface area contributed by atoms with Crippen LogP contribution in [-0.2, 0) is 14.8 Å². The lowest BCUT2D eigenvalue weighted by atomic mass is 10.2. The molecule has 0 aliphatic heterocycles. The number of hydrogen-bond acceptors (Lipinski definition) is 6. The number of carbonyl (C=O) groups is 1. The lowest BCUT2D eigenvalue weighted by Crippen LogP contribution is -2.45. The van der Waals surface area contributed by atoms with Gasteiger partial charge < -0.3 is 10.1 Å². The van der Waals surface area contributed by atoms with Gasteiger partial charge in [-0.1, -0.05) is 6.07 Å². The number of non-ortho nitro benzene ring substituents is 1. The molecule has 10 heteroatoms. The number of hydrogen-bond donors (Lipinski definition) is 1. The summed E-state index contributed by atoms with van der Waals surface area (Å²) in [5.74, 6) is -0.0855. The smallest absolute Gasteiger partial charge is 0.271 e. The van der Waals surface area contributed by atoms with Gasteiger partial charge in [-0.3, -0.25) is 19.2 Å². The third-order valence-corrected chi connectivity index (χ3v) is 4.98. The first-order valence-corrected chi connectivity index (χ1v) is 9.67. The number of nitro groups is 1. The number of nitrogens with one attached hydrogen (secondary N) is 1. The van der Waals surface area contributed by atoms with Crippen LogP contribution >= 0.6 is 0 Å². The summed E-state index contributed by atoms with van der Waals surface area (Å²) in [5, 5.41) is 13.4. The lowest BCUT2D eigenvalue weighted by molar-refractivity contribution is -0.384. The van der Waals surface area contributed by atoms with Crippen LogP contribution in [-0.4, -0.2) is 38.7 Å². The molecule has 0 spiro atoms. The molecular weight excluding hydrogens is 374 g/mol. The number of ether oxygens (including phenoxy) is 1. The van der Waals surface area contributed by atoms with Crippen LogP contribution in [0.5, 0.6) is 5.75 Å². The fraction of sp³-hybridized carbons (Fsp3) is 0.235. The standard InChI is InChI=1S/C17H19N3O6S/c1-12(17(21)18-13-5-4-6-15(11-13)20(22)23)19(27(3,24)25)14-7-9-16(26-2)10-8-14/h4-12H,1-3H3,(H,18,21). The van der Waals surface area contributed by atoms with Gasteiger partial charge in [-0.15, -0.1) is 0 Å². The first-order valence-electron chi connectivity index (χ1n) is 7.82. The fourth-order valence-corrected chi connectivity index (χ4v) is 3.66. The maximum atomic E-state index is 12.6. The van der Waals surface area contributed by atoms with Gasteiger partial charge in [-0.05, 0) is 37.3 Å². The number of nitrogens with zero attached hydrogens (tertiary/aromatic N) is 2. The molecule has 0 saturated heterocycles. The van der Waals surface area contributed by atoms with Gasteiger partial charge in [-0.2, -0.15) is 0 Å². The van der Waals surface area contributed by atoms with Gasteiger partial charge in [-0.25, -0.2) is 8.42 Å². The molecule has 1 amide bonds. The summed E-state index contributed by atoms with van der Waals surface area (Å²) in [4.78, 5) is 22.8. The number of benzene rings is 2. The Kier molecular flexibility index (Phi) is 6.01. The summed E-state index contributed by atoms with van der Waals surface area (Å²) in [6, 6.07) is 10.5. The summed E-state index contributed by atoms with van der Waals surface area (Å²) >= 11 is 0. The van der Waals surface area contributed by atoms with Crippen LogP contribution in [0.2, 0.25) is 0 Å². The molecule has 1 N–H and O–H groups in total. The molecule has 9 nitrogen and oxygen atoms in total. The molecule has 2 aromatic rings. The Balaban J connectivity index is 2.29. The van der Waals surface area contributed by atoms with Crippen LogP contribution in [0.25, 0.3) is 0 Å². The Morgan fingerprint density at radius 3 is 2.37 bits per heavy atom. The second kappa shape index (κ2) is 8.04. The second-order valence-electron chi connectivity index (χ2n) is 5.73. The predicted molar refractivity (Wildman–Crippen MR) is 102 cm³/mol. The Labute approximate surface area is 156 Å². The molecule has 27 heavy (non-hydrogen) atoms. The van der Waals surface area contributed by atoms with Crippen molar-refractivity contribution in [2.45, 2.75) is 13.0 Å². The molecule has 0 saturated carbocycles. The third-order valence-electron chi connectivity index (χ3n) is 3.74. The number of sulfonamides is 1. The molecule has 144 valence electrons. The molecule has 2 rings (SSSR count). The minimum absolute atomic E-state index is 0.185. The predicted octanol–water partition coefficient (Wildman–Crippen LogP) is 2.40. The molecule has 0 aliphatic carbocycles. The molecule has 1 unspecified atom stereocenters. The van der Waals surface area contributed by atoms with Gasteiger partial charge >= 0.3 is 0 Å². The Hall–Kier alpha value is -3.14. The monoisotopic (exact) mass is 393 g/mol. The highest BCUT2D eigenvalue weighted by molar-refractivity contribution is 7.92. The van der Waals surface area contributed by atoms with Crippen molar-refractivity contribution >= 4 is 33.0 Å². The van der Waals surface area contributed by atoms with Crippen LogP contribution in [0, 0.1) is 10.1 Å². The Bertz CT molecular complexity index is 943. The zero-order chi connectivity index (χ0) is 20.2. The van der Waals surface area contributed by atoms with E-state index < -0.39 is 26.9 Å². The summed E-state index contributed by atoms with van der Waals surface area (Å²) in [7, 11) is -2.29. The zero-order valence-corrected chi connectivity index (χ0v) is 15.8. The zero-order valence-electron chi connectivity index (χ0n) is 14.9. The molecule has 0 bridgehead atoms. The average molecular weight is 393 g/mol. The highest BCUT2D eigenvalue weighted by Crippen LogP contribution is 2.25. The van der Waals surface area contributed by atoms with Crippen LogP contribution < -0.4 is 14.4 Å². The van der Waals surface area contributed by atoms with Crippen molar-refractivity contribution in [1.82, 2.24) is 0 Å². The van der Waals surface area contributed by atoms with Gasteiger partial charge in [0.2, 0.25) is 15.9 Å². The molecular formula is C17H19N3O6S. The topological polar surface area (TPSA) is 119 Å². The van der Waals surface area contributed by atoms with E-state index in [1.54, 1.807) is 12.1 Å². The van der Waals surface area contributed by atoms with Crippen molar-refractivity contribution in [1.29, 1.82) is 0 Å². The fourth-order valence-electron chi connectivity index (χ4n) is 2.48. The van der Waals surface area contributed by atoms with E-state index >= 15 is 0 Å². The Morgan fingerprint density at radius 2 is 1.85 bits per heavy atom. The molecule has 2 aromatic carbocycles. The highest BCUT2D eigenvalue weighted by atomic mass is 32.2. The largest absolute Gasteiger partial charge is 0.497 e. The van der Waals surface area contributed by atoms with Crippen molar-refractivity contribution < 1.29 is 22.9 Å².